The van der Waals surface area contributed by atoms with E-state index in [-0.39, 0.29) is 12.1 Å². The summed E-state index contributed by atoms with van der Waals surface area (Å²) in [7, 11) is 2.18. The molecule has 0 amide bonds. The van der Waals surface area contributed by atoms with Gasteiger partial charge >= 0.3 is 0 Å². The summed E-state index contributed by atoms with van der Waals surface area (Å²) in [6.45, 7) is 1.80. The monoisotopic (exact) mass is 248 g/mol. The Morgan fingerprint density at radius 2 is 1.72 bits per heavy atom. The molecule has 1 aliphatic carbocycles. The fourth-order valence-corrected chi connectivity index (χ4v) is 2.97. The smallest absolute Gasteiger partial charge is 0.0681 e. The van der Waals surface area contributed by atoms with Crippen LogP contribution in [0.4, 0.5) is 0 Å². The van der Waals surface area contributed by atoms with Gasteiger partial charge in [-0.2, -0.15) is 0 Å². The Morgan fingerprint density at radius 1 is 1.17 bits per heavy atom. The minimum atomic E-state index is 0.114. The first-order chi connectivity index (χ1) is 8.70. The van der Waals surface area contributed by atoms with Crippen LogP contribution in [0.2, 0.25) is 0 Å². The number of rotatable bonds is 5. The molecule has 1 aromatic rings. The number of nitrogens with zero attached hydrogens (tertiary/aromatic N) is 1. The molecule has 18 heavy (non-hydrogen) atoms. The van der Waals surface area contributed by atoms with Gasteiger partial charge in [-0.3, -0.25) is 4.90 Å². The zero-order chi connectivity index (χ0) is 13.0. The highest BCUT2D eigenvalue weighted by Crippen LogP contribution is 2.34. The maximum absolute atomic E-state index is 9.04. The van der Waals surface area contributed by atoms with Crippen LogP contribution in [0.1, 0.15) is 36.8 Å². The number of nitrogens with two attached hydrogens (primary N) is 1. The van der Waals surface area contributed by atoms with Gasteiger partial charge in [-0.1, -0.05) is 37.1 Å². The molecule has 0 aliphatic heterocycles. The summed E-state index contributed by atoms with van der Waals surface area (Å²) in [4.78, 5) is 2.41. The topological polar surface area (TPSA) is 49.5 Å². The molecular weight excluding hydrogens is 224 g/mol. The molecule has 100 valence electrons. The van der Waals surface area contributed by atoms with Crippen molar-refractivity contribution >= 4 is 0 Å². The maximum Gasteiger partial charge on any atom is 0.0681 e. The molecule has 1 aliphatic rings. The Balaban J connectivity index is 2.03. The molecule has 3 heteroatoms. The van der Waals surface area contributed by atoms with E-state index in [1.807, 2.05) is 12.1 Å². The maximum atomic E-state index is 9.04. The van der Waals surface area contributed by atoms with Gasteiger partial charge in [0.25, 0.3) is 0 Å². The van der Waals surface area contributed by atoms with Gasteiger partial charge in [0.2, 0.25) is 0 Å². The number of hydrogen-bond acceptors (Lipinski definition) is 3. The lowest BCUT2D eigenvalue weighted by molar-refractivity contribution is 0.124. The van der Waals surface area contributed by atoms with Crippen LogP contribution in [0.3, 0.4) is 0 Å². The van der Waals surface area contributed by atoms with Crippen LogP contribution in [-0.2, 0) is 13.2 Å². The van der Waals surface area contributed by atoms with Crippen molar-refractivity contribution in [2.24, 2.45) is 5.73 Å². The van der Waals surface area contributed by atoms with E-state index in [9.17, 15) is 0 Å². The van der Waals surface area contributed by atoms with Gasteiger partial charge in [-0.05, 0) is 31.0 Å². The molecule has 0 saturated heterocycles. The van der Waals surface area contributed by atoms with Crippen LogP contribution in [0.5, 0.6) is 0 Å². The molecule has 1 saturated carbocycles. The van der Waals surface area contributed by atoms with Gasteiger partial charge in [-0.15, -0.1) is 0 Å². The standard InChI is InChI=1S/C15H24N2O/c1-17(15(12-16)8-2-3-9-15)10-13-4-6-14(11-18)7-5-13/h4-7,18H,2-3,8-12,16H2,1H3. The third-order valence-corrected chi connectivity index (χ3v) is 4.35. The fraction of sp³-hybridized carbons (Fsp3) is 0.600. The van der Waals surface area contributed by atoms with Crippen molar-refractivity contribution in [3.05, 3.63) is 35.4 Å². The van der Waals surface area contributed by atoms with Crippen LogP contribution in [0.25, 0.3) is 0 Å². The predicted octanol–water partition coefficient (Wildman–Crippen LogP) is 1.88. The summed E-state index contributed by atoms with van der Waals surface area (Å²) >= 11 is 0. The first kappa shape index (κ1) is 13.5. The molecule has 0 aromatic heterocycles. The second kappa shape index (κ2) is 5.83. The van der Waals surface area contributed by atoms with Gasteiger partial charge in [0.05, 0.1) is 6.61 Å². The highest BCUT2D eigenvalue weighted by atomic mass is 16.3. The Morgan fingerprint density at radius 3 is 2.22 bits per heavy atom. The minimum absolute atomic E-state index is 0.114. The van der Waals surface area contributed by atoms with E-state index in [1.54, 1.807) is 0 Å². The Hall–Kier alpha value is -0.900. The zero-order valence-corrected chi connectivity index (χ0v) is 11.2. The van der Waals surface area contributed by atoms with E-state index in [1.165, 1.54) is 31.2 Å². The van der Waals surface area contributed by atoms with Gasteiger partial charge in [0.15, 0.2) is 0 Å². The van der Waals surface area contributed by atoms with Crippen LogP contribution < -0.4 is 5.73 Å². The van der Waals surface area contributed by atoms with E-state index >= 15 is 0 Å². The number of likely N-dealkylation sites (N-methyl/N-ethyl adjacent to an activating group) is 1. The summed E-state index contributed by atoms with van der Waals surface area (Å²) in [6, 6.07) is 8.18. The lowest BCUT2D eigenvalue weighted by Gasteiger charge is -2.38. The van der Waals surface area contributed by atoms with Crippen molar-refractivity contribution in [1.29, 1.82) is 0 Å². The summed E-state index contributed by atoms with van der Waals surface area (Å²) < 4.78 is 0. The number of benzene rings is 1. The van der Waals surface area contributed by atoms with Crippen molar-refractivity contribution in [3.63, 3.8) is 0 Å². The quantitative estimate of drug-likeness (QED) is 0.836. The van der Waals surface area contributed by atoms with Gasteiger partial charge < -0.3 is 10.8 Å². The average molecular weight is 248 g/mol. The third kappa shape index (κ3) is 2.74. The van der Waals surface area contributed by atoms with E-state index in [2.05, 4.69) is 24.1 Å². The third-order valence-electron chi connectivity index (χ3n) is 4.35. The molecule has 1 fully saturated rings. The second-order valence-corrected chi connectivity index (χ2v) is 5.47. The number of aliphatic hydroxyl groups is 1. The first-order valence-corrected chi connectivity index (χ1v) is 6.80. The predicted molar refractivity (Wildman–Crippen MR) is 74.1 cm³/mol. The second-order valence-electron chi connectivity index (χ2n) is 5.47. The van der Waals surface area contributed by atoms with Crippen molar-refractivity contribution in [3.8, 4) is 0 Å². The molecule has 0 unspecified atom stereocenters. The first-order valence-electron chi connectivity index (χ1n) is 6.80. The molecule has 1 aromatic carbocycles. The summed E-state index contributed by atoms with van der Waals surface area (Å²) in [6.07, 6.45) is 5.03. The molecule has 0 heterocycles. The summed E-state index contributed by atoms with van der Waals surface area (Å²) in [5.41, 5.74) is 8.45. The van der Waals surface area contributed by atoms with Crippen molar-refractivity contribution in [2.45, 2.75) is 44.4 Å². The molecule has 2 rings (SSSR count). The van der Waals surface area contributed by atoms with E-state index in [0.717, 1.165) is 18.7 Å². The van der Waals surface area contributed by atoms with Gasteiger partial charge in [0.1, 0.15) is 0 Å². The molecule has 3 nitrogen and oxygen atoms in total. The molecule has 0 bridgehead atoms. The number of aliphatic hydroxyl groups excluding tert-OH is 1. The van der Waals surface area contributed by atoms with E-state index < -0.39 is 0 Å². The largest absolute Gasteiger partial charge is 0.392 e. The normalized spacial score (nSPS) is 18.4. The fourth-order valence-electron chi connectivity index (χ4n) is 2.97. The highest BCUT2D eigenvalue weighted by molar-refractivity contribution is 5.22. The lowest BCUT2D eigenvalue weighted by Crippen LogP contribution is -2.49. The number of hydrogen-bond donors (Lipinski definition) is 2. The van der Waals surface area contributed by atoms with Crippen LogP contribution in [0, 0.1) is 0 Å². The lowest BCUT2D eigenvalue weighted by atomic mass is 9.95. The summed E-state index contributed by atoms with van der Waals surface area (Å²) in [5, 5.41) is 9.04. The van der Waals surface area contributed by atoms with Gasteiger partial charge in [0, 0.05) is 18.6 Å². The minimum Gasteiger partial charge on any atom is -0.392 e. The molecular formula is C15H24N2O. The van der Waals surface area contributed by atoms with Crippen molar-refractivity contribution in [1.82, 2.24) is 4.90 Å². The Kier molecular flexibility index (Phi) is 4.38. The van der Waals surface area contributed by atoms with Crippen molar-refractivity contribution < 1.29 is 5.11 Å². The van der Waals surface area contributed by atoms with E-state index in [0.29, 0.717) is 0 Å². The Labute approximate surface area is 110 Å². The van der Waals surface area contributed by atoms with Crippen LogP contribution >= 0.6 is 0 Å². The van der Waals surface area contributed by atoms with E-state index in [4.69, 9.17) is 10.8 Å². The molecule has 0 atom stereocenters. The molecule has 0 spiro atoms. The SMILES string of the molecule is CN(Cc1ccc(CO)cc1)C1(CN)CCCC1. The zero-order valence-electron chi connectivity index (χ0n) is 11.2. The highest BCUT2D eigenvalue weighted by Gasteiger charge is 2.36. The average Bonchev–Trinajstić information content (AvgIpc) is 2.89. The van der Waals surface area contributed by atoms with Crippen molar-refractivity contribution in [2.75, 3.05) is 13.6 Å². The molecule has 3 N–H and O–H groups in total. The van der Waals surface area contributed by atoms with Gasteiger partial charge in [-0.25, -0.2) is 0 Å². The van der Waals surface area contributed by atoms with Crippen LogP contribution in [-0.4, -0.2) is 29.1 Å². The van der Waals surface area contributed by atoms with Crippen LogP contribution in [0.15, 0.2) is 24.3 Å². The summed E-state index contributed by atoms with van der Waals surface area (Å²) in [5.74, 6) is 0. The molecule has 0 radical (unpaired) electrons. The Bertz CT molecular complexity index is 369.